The third-order valence-electron chi connectivity index (χ3n) is 5.23. The van der Waals surface area contributed by atoms with Crippen LogP contribution in [-0.4, -0.2) is 24.7 Å². The zero-order chi connectivity index (χ0) is 25.3. The highest BCUT2D eigenvalue weighted by molar-refractivity contribution is 9.10. The van der Waals surface area contributed by atoms with Crippen LogP contribution in [-0.2, 0) is 13.1 Å². The smallest absolute Gasteiger partial charge is 0.176 e. The Hall–Kier alpha value is -1.81. The summed E-state index contributed by atoms with van der Waals surface area (Å²) in [6, 6.07) is 10.9. The van der Waals surface area contributed by atoms with Gasteiger partial charge in [0.1, 0.15) is 0 Å². The van der Waals surface area contributed by atoms with Gasteiger partial charge in [-0.25, -0.2) is 0 Å². The van der Waals surface area contributed by atoms with Gasteiger partial charge < -0.3 is 10.6 Å². The lowest BCUT2D eigenvalue weighted by molar-refractivity contribution is 0.659. The van der Waals surface area contributed by atoms with E-state index in [1.807, 2.05) is 42.9 Å². The Kier molecular flexibility index (Phi) is 8.30. The zero-order valence-electron chi connectivity index (χ0n) is 18.5. The lowest BCUT2D eigenvalue weighted by Gasteiger charge is -2.10. The zero-order valence-corrected chi connectivity index (χ0v) is 24.0. The topological polar surface area (TPSA) is 59.7 Å². The average molecular weight is 633 g/mol. The number of benzene rings is 2. The van der Waals surface area contributed by atoms with E-state index in [0.717, 1.165) is 32.7 Å². The number of halogens is 5. The maximum Gasteiger partial charge on any atom is 0.176 e. The Labute approximate surface area is 236 Å². The maximum absolute atomic E-state index is 6.29. The molecule has 2 heterocycles. The quantitative estimate of drug-likeness (QED) is 0.211. The van der Waals surface area contributed by atoms with Crippen LogP contribution in [0.2, 0.25) is 20.1 Å². The molecule has 0 aliphatic carbocycles. The first-order chi connectivity index (χ1) is 16.6. The van der Waals surface area contributed by atoms with E-state index in [-0.39, 0.29) is 0 Å². The SMILES string of the molecule is Cc1nn(Cc2ccc(Cl)c(Cl)c2)c(C)c1NC(=S)Nc1nn(Cc2ccc(Cl)cc2Cl)cc1Br. The average Bonchev–Trinajstić information content (AvgIpc) is 3.26. The standard InChI is InChI=1S/C23H19BrCl4N6S/c1-12-21(13(2)34(31-12)9-14-3-6-18(26)20(28)7-14)29-23(35)30-22-17(24)11-33(32-22)10-15-4-5-16(25)8-19(15)27/h3-8,11H,9-10H2,1-2H3,(H2,29,30,32,35). The fraction of sp³-hybridized carbons (Fsp3) is 0.174. The fourth-order valence-electron chi connectivity index (χ4n) is 3.48. The van der Waals surface area contributed by atoms with Crippen molar-refractivity contribution in [2.75, 3.05) is 10.6 Å². The summed E-state index contributed by atoms with van der Waals surface area (Å²) in [5.41, 5.74) is 4.46. The summed E-state index contributed by atoms with van der Waals surface area (Å²) in [4.78, 5) is 0. The van der Waals surface area contributed by atoms with Crippen molar-refractivity contribution in [1.82, 2.24) is 19.6 Å². The van der Waals surface area contributed by atoms with Gasteiger partial charge in [0.2, 0.25) is 0 Å². The number of hydrogen-bond donors (Lipinski definition) is 2. The van der Waals surface area contributed by atoms with E-state index in [1.165, 1.54) is 0 Å². The second kappa shape index (κ2) is 11.1. The molecule has 35 heavy (non-hydrogen) atoms. The molecular formula is C23H19BrCl4N6S. The van der Waals surface area contributed by atoms with E-state index in [1.54, 1.807) is 22.9 Å². The molecule has 0 spiro atoms. The van der Waals surface area contributed by atoms with Gasteiger partial charge in [-0.15, -0.1) is 0 Å². The van der Waals surface area contributed by atoms with Crippen molar-refractivity contribution in [3.05, 3.63) is 89.7 Å². The van der Waals surface area contributed by atoms with Crippen LogP contribution in [0.3, 0.4) is 0 Å². The van der Waals surface area contributed by atoms with Gasteiger partial charge in [0.25, 0.3) is 0 Å². The summed E-state index contributed by atoms with van der Waals surface area (Å²) in [7, 11) is 0. The summed E-state index contributed by atoms with van der Waals surface area (Å²) in [6.45, 7) is 4.93. The number of aromatic nitrogens is 4. The van der Waals surface area contributed by atoms with Crippen LogP contribution in [0.15, 0.2) is 47.1 Å². The lowest BCUT2D eigenvalue weighted by Crippen LogP contribution is -2.20. The Balaban J connectivity index is 1.44. The van der Waals surface area contributed by atoms with Crippen molar-refractivity contribution in [1.29, 1.82) is 0 Å². The maximum atomic E-state index is 6.29. The molecule has 6 nitrogen and oxygen atoms in total. The van der Waals surface area contributed by atoms with Crippen molar-refractivity contribution in [3.63, 3.8) is 0 Å². The Morgan fingerprint density at radius 1 is 0.943 bits per heavy atom. The number of rotatable bonds is 6. The molecule has 0 atom stereocenters. The molecule has 2 aromatic heterocycles. The second-order valence-electron chi connectivity index (χ2n) is 7.79. The second-order valence-corrected chi connectivity index (χ2v) is 10.7. The number of nitrogens with zero attached hydrogens (tertiary/aromatic N) is 4. The van der Waals surface area contributed by atoms with Gasteiger partial charge in [-0.05, 0) is 77.4 Å². The largest absolute Gasteiger partial charge is 0.329 e. The highest BCUT2D eigenvalue weighted by atomic mass is 79.9. The van der Waals surface area contributed by atoms with Crippen molar-refractivity contribution in [2.24, 2.45) is 0 Å². The minimum Gasteiger partial charge on any atom is -0.329 e. The number of hydrogen-bond acceptors (Lipinski definition) is 3. The van der Waals surface area contributed by atoms with Crippen LogP contribution < -0.4 is 10.6 Å². The van der Waals surface area contributed by atoms with E-state index >= 15 is 0 Å². The summed E-state index contributed by atoms with van der Waals surface area (Å²) in [5, 5.41) is 18.2. The molecule has 2 N–H and O–H groups in total. The Morgan fingerprint density at radius 2 is 1.71 bits per heavy atom. The van der Waals surface area contributed by atoms with Crippen LogP contribution in [0.5, 0.6) is 0 Å². The van der Waals surface area contributed by atoms with Crippen molar-refractivity contribution < 1.29 is 0 Å². The van der Waals surface area contributed by atoms with Gasteiger partial charge in [-0.3, -0.25) is 9.36 Å². The third-order valence-corrected chi connectivity index (χ3v) is 7.34. The first-order valence-corrected chi connectivity index (χ1v) is 13.0. The van der Waals surface area contributed by atoms with E-state index in [2.05, 4.69) is 36.8 Å². The predicted molar refractivity (Wildman–Crippen MR) is 153 cm³/mol. The number of nitrogens with one attached hydrogen (secondary N) is 2. The number of aryl methyl sites for hydroxylation is 1. The van der Waals surface area contributed by atoms with Gasteiger partial charge in [-0.2, -0.15) is 10.2 Å². The van der Waals surface area contributed by atoms with Crippen molar-refractivity contribution in [3.8, 4) is 0 Å². The first-order valence-electron chi connectivity index (χ1n) is 10.3. The summed E-state index contributed by atoms with van der Waals surface area (Å²) in [5.74, 6) is 0.575. The first kappa shape index (κ1) is 26.3. The molecule has 0 unspecified atom stereocenters. The van der Waals surface area contributed by atoms with Crippen molar-refractivity contribution in [2.45, 2.75) is 26.9 Å². The monoisotopic (exact) mass is 630 g/mol. The molecule has 4 aromatic rings. The number of anilines is 2. The van der Waals surface area contributed by atoms with Crippen LogP contribution >= 0.6 is 74.6 Å². The molecule has 0 aliphatic rings. The van der Waals surface area contributed by atoms with E-state index in [4.69, 9.17) is 58.6 Å². The van der Waals surface area contributed by atoms with E-state index < -0.39 is 0 Å². The summed E-state index contributed by atoms with van der Waals surface area (Å²) < 4.78 is 4.41. The molecule has 4 rings (SSSR count). The molecule has 2 aromatic carbocycles. The molecule has 0 amide bonds. The van der Waals surface area contributed by atoms with Crippen LogP contribution in [0.4, 0.5) is 11.5 Å². The molecule has 0 aliphatic heterocycles. The lowest BCUT2D eigenvalue weighted by atomic mass is 10.2. The minimum atomic E-state index is 0.390. The molecule has 0 saturated carbocycles. The molecular weight excluding hydrogens is 614 g/mol. The summed E-state index contributed by atoms with van der Waals surface area (Å²) in [6.07, 6.45) is 1.85. The van der Waals surface area contributed by atoms with Gasteiger partial charge in [0, 0.05) is 16.2 Å². The molecule has 182 valence electrons. The van der Waals surface area contributed by atoms with Gasteiger partial charge in [0.15, 0.2) is 10.9 Å². The molecule has 12 heteroatoms. The van der Waals surface area contributed by atoms with Gasteiger partial charge >= 0.3 is 0 Å². The van der Waals surface area contributed by atoms with Crippen LogP contribution in [0.1, 0.15) is 22.5 Å². The van der Waals surface area contributed by atoms with Crippen LogP contribution in [0.25, 0.3) is 0 Å². The Bertz CT molecular complexity index is 1420. The fourth-order valence-corrected chi connectivity index (χ4v) is 4.88. The third kappa shape index (κ3) is 6.31. The molecule has 0 fully saturated rings. The molecule has 0 saturated heterocycles. The number of thiocarbonyl (C=S) groups is 1. The predicted octanol–water partition coefficient (Wildman–Crippen LogP) is 7.98. The van der Waals surface area contributed by atoms with Gasteiger partial charge in [-0.1, -0.05) is 58.5 Å². The van der Waals surface area contributed by atoms with E-state index in [9.17, 15) is 0 Å². The Morgan fingerprint density at radius 3 is 2.43 bits per heavy atom. The molecule has 0 radical (unpaired) electrons. The summed E-state index contributed by atoms with van der Waals surface area (Å²) >= 11 is 33.5. The normalized spacial score (nSPS) is 11.1. The minimum absolute atomic E-state index is 0.390. The van der Waals surface area contributed by atoms with Gasteiger partial charge in [0.05, 0.1) is 44.7 Å². The van der Waals surface area contributed by atoms with E-state index in [0.29, 0.717) is 44.1 Å². The van der Waals surface area contributed by atoms with Crippen LogP contribution in [0, 0.1) is 13.8 Å². The molecule has 0 bridgehead atoms. The highest BCUT2D eigenvalue weighted by Crippen LogP contribution is 2.27. The highest BCUT2D eigenvalue weighted by Gasteiger charge is 2.15. The van der Waals surface area contributed by atoms with Crippen molar-refractivity contribution >= 4 is 91.2 Å².